The van der Waals surface area contributed by atoms with Gasteiger partial charge in [0.2, 0.25) is 11.8 Å². The monoisotopic (exact) mass is 414 g/mol. The van der Waals surface area contributed by atoms with Crippen LogP contribution in [0.2, 0.25) is 0 Å². The number of aryl methyl sites for hydroxylation is 1. The fourth-order valence-corrected chi connectivity index (χ4v) is 4.83. The number of carbonyl (C=O) groups excluding carboxylic acids is 2. The predicted molar refractivity (Wildman–Crippen MR) is 113 cm³/mol. The number of likely N-dealkylation sites (tertiary alicyclic amines) is 2. The smallest absolute Gasteiger partial charge is 0.408 e. The van der Waals surface area contributed by atoms with Crippen LogP contribution in [0.15, 0.2) is 21.3 Å². The summed E-state index contributed by atoms with van der Waals surface area (Å²) in [4.78, 5) is 42.8. The molecule has 0 radical (unpaired) electrons. The lowest BCUT2D eigenvalue weighted by Gasteiger charge is -2.40. The molecule has 4 rings (SSSR count). The van der Waals surface area contributed by atoms with E-state index in [1.165, 1.54) is 32.4 Å². The summed E-state index contributed by atoms with van der Waals surface area (Å²) >= 11 is 0. The first kappa shape index (κ1) is 20.7. The topological polar surface area (TPSA) is 113 Å². The summed E-state index contributed by atoms with van der Waals surface area (Å²) in [6.45, 7) is 4.03. The van der Waals surface area contributed by atoms with Crippen LogP contribution in [0.3, 0.4) is 0 Å². The van der Waals surface area contributed by atoms with E-state index in [-0.39, 0.29) is 12.3 Å². The Hall–Kier alpha value is -2.61. The van der Waals surface area contributed by atoms with Gasteiger partial charge in [0, 0.05) is 25.6 Å². The molecule has 8 heteroatoms. The number of rotatable bonds is 6. The highest BCUT2D eigenvalue weighted by molar-refractivity contribution is 5.85. The molecule has 2 saturated heterocycles. The molecule has 0 atom stereocenters. The average molecular weight is 415 g/mol. The maximum atomic E-state index is 12.7. The SMILES string of the molecule is NC(=O)Cc1cc(CCC(=O)N2CCC(N3CCCCC3)CC2)cc2oc(=O)[nH]c12. The maximum Gasteiger partial charge on any atom is 0.417 e. The molecule has 8 nitrogen and oxygen atoms in total. The molecule has 2 amide bonds. The van der Waals surface area contributed by atoms with Gasteiger partial charge in [-0.3, -0.25) is 14.6 Å². The van der Waals surface area contributed by atoms with Gasteiger partial charge in [-0.05, 0) is 62.4 Å². The van der Waals surface area contributed by atoms with Crippen LogP contribution in [0, 0.1) is 0 Å². The number of H-pyrrole nitrogens is 1. The first-order chi connectivity index (χ1) is 14.5. The van der Waals surface area contributed by atoms with E-state index in [9.17, 15) is 14.4 Å². The largest absolute Gasteiger partial charge is 0.417 e. The second-order valence-electron chi connectivity index (χ2n) is 8.49. The minimum Gasteiger partial charge on any atom is -0.408 e. The minimum absolute atomic E-state index is 0.0117. The highest BCUT2D eigenvalue weighted by Crippen LogP contribution is 2.23. The fraction of sp³-hybridized carbons (Fsp3) is 0.591. The lowest BCUT2D eigenvalue weighted by molar-refractivity contribution is -0.132. The van der Waals surface area contributed by atoms with E-state index in [0.717, 1.165) is 31.5 Å². The number of nitrogens with two attached hydrogens (primary N) is 1. The van der Waals surface area contributed by atoms with Gasteiger partial charge in [-0.2, -0.15) is 0 Å². The van der Waals surface area contributed by atoms with Crippen molar-refractivity contribution >= 4 is 22.9 Å². The van der Waals surface area contributed by atoms with Crippen molar-refractivity contribution in [3.8, 4) is 0 Å². The highest BCUT2D eigenvalue weighted by Gasteiger charge is 2.27. The van der Waals surface area contributed by atoms with Gasteiger partial charge in [0.25, 0.3) is 0 Å². The summed E-state index contributed by atoms with van der Waals surface area (Å²) in [6, 6.07) is 4.20. The van der Waals surface area contributed by atoms with E-state index in [4.69, 9.17) is 10.2 Å². The van der Waals surface area contributed by atoms with Crippen LogP contribution in [0.5, 0.6) is 0 Å². The molecule has 0 unspecified atom stereocenters. The van der Waals surface area contributed by atoms with Crippen LogP contribution in [0.1, 0.15) is 49.7 Å². The number of piperidine rings is 2. The summed E-state index contributed by atoms with van der Waals surface area (Å²) in [5.41, 5.74) is 7.70. The Morgan fingerprint density at radius 1 is 1.10 bits per heavy atom. The second kappa shape index (κ2) is 9.04. The van der Waals surface area contributed by atoms with E-state index < -0.39 is 11.7 Å². The van der Waals surface area contributed by atoms with E-state index in [0.29, 0.717) is 35.5 Å². The third kappa shape index (κ3) is 4.75. The summed E-state index contributed by atoms with van der Waals surface area (Å²) in [6.07, 6.45) is 6.96. The van der Waals surface area contributed by atoms with Crippen molar-refractivity contribution in [2.45, 2.75) is 57.4 Å². The van der Waals surface area contributed by atoms with Crippen molar-refractivity contribution in [2.24, 2.45) is 5.73 Å². The average Bonchev–Trinajstić information content (AvgIpc) is 3.13. The van der Waals surface area contributed by atoms with Crippen molar-refractivity contribution in [1.29, 1.82) is 0 Å². The quantitative estimate of drug-likeness (QED) is 0.745. The molecule has 0 bridgehead atoms. The fourth-order valence-electron chi connectivity index (χ4n) is 4.83. The van der Waals surface area contributed by atoms with Crippen LogP contribution in [0.25, 0.3) is 11.1 Å². The number of nitrogens with one attached hydrogen (secondary N) is 1. The summed E-state index contributed by atoms with van der Waals surface area (Å²) < 4.78 is 5.16. The zero-order chi connectivity index (χ0) is 21.1. The maximum absolute atomic E-state index is 12.7. The van der Waals surface area contributed by atoms with Gasteiger partial charge in [-0.15, -0.1) is 0 Å². The van der Waals surface area contributed by atoms with Gasteiger partial charge in [-0.25, -0.2) is 4.79 Å². The molecule has 162 valence electrons. The molecule has 2 fully saturated rings. The molecule has 0 aliphatic carbocycles. The zero-order valence-electron chi connectivity index (χ0n) is 17.3. The molecule has 30 heavy (non-hydrogen) atoms. The molecule has 0 spiro atoms. The van der Waals surface area contributed by atoms with E-state index in [1.807, 2.05) is 11.0 Å². The lowest BCUT2D eigenvalue weighted by atomic mass is 9.99. The number of aromatic nitrogens is 1. The standard InChI is InChI=1S/C22H30N4O4/c23-19(27)14-16-12-15(13-18-21(16)24-22(29)30-18)4-5-20(28)26-10-6-17(7-11-26)25-8-2-1-3-9-25/h12-13,17H,1-11,14H2,(H2,23,27)(H,24,29). The summed E-state index contributed by atoms with van der Waals surface area (Å²) in [5, 5.41) is 0. The zero-order valence-corrected chi connectivity index (χ0v) is 17.3. The van der Waals surface area contributed by atoms with Crippen LogP contribution >= 0.6 is 0 Å². The van der Waals surface area contributed by atoms with Crippen LogP contribution in [0.4, 0.5) is 0 Å². The number of nitrogens with zero attached hydrogens (tertiary/aromatic N) is 2. The first-order valence-corrected chi connectivity index (χ1v) is 10.9. The van der Waals surface area contributed by atoms with Crippen molar-refractivity contribution in [1.82, 2.24) is 14.8 Å². The minimum atomic E-state index is -0.569. The van der Waals surface area contributed by atoms with E-state index in [1.54, 1.807) is 6.07 Å². The van der Waals surface area contributed by atoms with E-state index in [2.05, 4.69) is 9.88 Å². The van der Waals surface area contributed by atoms with Gasteiger partial charge < -0.3 is 20.0 Å². The summed E-state index contributed by atoms with van der Waals surface area (Å²) in [7, 11) is 0. The van der Waals surface area contributed by atoms with Crippen LogP contribution in [-0.4, -0.2) is 58.8 Å². The number of aromatic amines is 1. The van der Waals surface area contributed by atoms with Gasteiger partial charge in [-0.1, -0.05) is 12.5 Å². The predicted octanol–water partition coefficient (Wildman–Crippen LogP) is 1.56. The Morgan fingerprint density at radius 2 is 1.83 bits per heavy atom. The molecule has 3 N–H and O–H groups in total. The molecule has 2 aliphatic rings. The number of hydrogen-bond acceptors (Lipinski definition) is 5. The Morgan fingerprint density at radius 3 is 2.53 bits per heavy atom. The molecule has 2 aliphatic heterocycles. The Balaban J connectivity index is 1.35. The molecule has 1 aromatic carbocycles. The first-order valence-electron chi connectivity index (χ1n) is 10.9. The van der Waals surface area contributed by atoms with Gasteiger partial charge in [0.15, 0.2) is 5.58 Å². The lowest BCUT2D eigenvalue weighted by Crippen LogP contribution is -2.48. The van der Waals surface area contributed by atoms with Gasteiger partial charge in [0.1, 0.15) is 0 Å². The number of benzene rings is 1. The Labute approximate surface area is 175 Å². The normalized spacial score (nSPS) is 18.7. The Bertz CT molecular complexity index is 965. The molecular formula is C22H30N4O4. The van der Waals surface area contributed by atoms with Gasteiger partial charge in [0.05, 0.1) is 11.9 Å². The number of fused-ring (bicyclic) bond motifs is 1. The van der Waals surface area contributed by atoms with Crippen molar-refractivity contribution in [3.05, 3.63) is 33.8 Å². The van der Waals surface area contributed by atoms with Crippen molar-refractivity contribution < 1.29 is 14.0 Å². The third-order valence-corrected chi connectivity index (χ3v) is 6.39. The molecule has 0 saturated carbocycles. The molecule has 2 aromatic rings. The molecule has 3 heterocycles. The van der Waals surface area contributed by atoms with Crippen molar-refractivity contribution in [3.63, 3.8) is 0 Å². The van der Waals surface area contributed by atoms with Crippen LogP contribution in [-0.2, 0) is 22.4 Å². The number of carbonyl (C=O) groups is 2. The highest BCUT2D eigenvalue weighted by atomic mass is 16.4. The number of amides is 2. The second-order valence-corrected chi connectivity index (χ2v) is 8.49. The van der Waals surface area contributed by atoms with Gasteiger partial charge >= 0.3 is 5.76 Å². The number of oxazole rings is 1. The molecular weight excluding hydrogens is 384 g/mol. The van der Waals surface area contributed by atoms with Crippen molar-refractivity contribution in [2.75, 3.05) is 26.2 Å². The Kier molecular flexibility index (Phi) is 6.22. The summed E-state index contributed by atoms with van der Waals surface area (Å²) in [5.74, 6) is -0.900. The van der Waals surface area contributed by atoms with Crippen LogP contribution < -0.4 is 11.5 Å². The van der Waals surface area contributed by atoms with E-state index >= 15 is 0 Å². The number of primary amides is 1. The number of hydrogen-bond donors (Lipinski definition) is 2. The molecule has 1 aromatic heterocycles. The third-order valence-electron chi connectivity index (χ3n) is 6.39.